The molecule has 1 rings (SSSR count). The van der Waals surface area contributed by atoms with Gasteiger partial charge in [-0.05, 0) is 20.0 Å². The van der Waals surface area contributed by atoms with Gasteiger partial charge in [0.25, 0.3) is 0 Å². The number of piperazine rings is 1. The van der Waals surface area contributed by atoms with Crippen molar-refractivity contribution in [2.45, 2.75) is 26.7 Å². The number of rotatable bonds is 5. The van der Waals surface area contributed by atoms with E-state index in [4.69, 9.17) is 0 Å². The predicted octanol–water partition coefficient (Wildman–Crippen LogP) is 0.313. The molecule has 104 valence electrons. The minimum Gasteiger partial charge on any atom is -0.339 e. The van der Waals surface area contributed by atoms with E-state index in [0.29, 0.717) is 32.6 Å². The molecule has 0 saturated carbocycles. The average molecular weight is 255 g/mol. The van der Waals surface area contributed by atoms with Crippen molar-refractivity contribution in [2.75, 3.05) is 39.8 Å². The van der Waals surface area contributed by atoms with Gasteiger partial charge in [0.05, 0.1) is 0 Å². The Labute approximate surface area is 110 Å². The lowest BCUT2D eigenvalue weighted by Gasteiger charge is -2.35. The monoisotopic (exact) mass is 255 g/mol. The molecular weight excluding hydrogens is 230 g/mol. The van der Waals surface area contributed by atoms with Gasteiger partial charge in [0.2, 0.25) is 11.8 Å². The lowest BCUT2D eigenvalue weighted by Crippen LogP contribution is -2.51. The molecule has 1 fully saturated rings. The molecule has 0 aromatic rings. The first-order valence-corrected chi connectivity index (χ1v) is 6.77. The number of hydrogen-bond donors (Lipinski definition) is 1. The molecule has 0 spiro atoms. The van der Waals surface area contributed by atoms with Gasteiger partial charge in [-0.2, -0.15) is 0 Å². The van der Waals surface area contributed by atoms with E-state index in [1.807, 2.05) is 30.7 Å². The van der Waals surface area contributed by atoms with Gasteiger partial charge >= 0.3 is 0 Å². The second-order valence-electron chi connectivity index (χ2n) is 5.07. The number of amides is 2. The van der Waals surface area contributed by atoms with Crippen LogP contribution >= 0.6 is 0 Å². The molecular formula is C13H25N3O2. The standard InChI is InChI=1S/C13H25N3O2/c1-11(2)13(18)16-9-7-15(8-10-16)12(17)5-4-6-14-3/h11,14H,4-10H2,1-3H3. The van der Waals surface area contributed by atoms with Crippen molar-refractivity contribution < 1.29 is 9.59 Å². The second-order valence-corrected chi connectivity index (χ2v) is 5.07. The lowest BCUT2D eigenvalue weighted by molar-refractivity contribution is -0.141. The highest BCUT2D eigenvalue weighted by Gasteiger charge is 2.24. The van der Waals surface area contributed by atoms with Gasteiger partial charge in [-0.15, -0.1) is 0 Å². The Morgan fingerprint density at radius 3 is 2.17 bits per heavy atom. The number of nitrogens with zero attached hydrogens (tertiary/aromatic N) is 2. The average Bonchev–Trinajstić information content (AvgIpc) is 2.38. The van der Waals surface area contributed by atoms with Gasteiger partial charge in [-0.1, -0.05) is 13.8 Å². The Kier molecular flexibility index (Phi) is 6.12. The van der Waals surface area contributed by atoms with Gasteiger partial charge < -0.3 is 15.1 Å². The van der Waals surface area contributed by atoms with Crippen molar-refractivity contribution in [2.24, 2.45) is 5.92 Å². The minimum absolute atomic E-state index is 0.0443. The summed E-state index contributed by atoms with van der Waals surface area (Å²) in [5.74, 6) is 0.446. The number of hydrogen-bond acceptors (Lipinski definition) is 3. The van der Waals surface area contributed by atoms with Crippen LogP contribution in [0.4, 0.5) is 0 Å². The van der Waals surface area contributed by atoms with E-state index in [1.54, 1.807) is 0 Å². The molecule has 1 aliphatic rings. The Bertz CT molecular complexity index is 284. The van der Waals surface area contributed by atoms with Crippen LogP contribution in [0.5, 0.6) is 0 Å². The maximum Gasteiger partial charge on any atom is 0.225 e. The van der Waals surface area contributed by atoms with Crippen molar-refractivity contribution in [3.8, 4) is 0 Å². The van der Waals surface area contributed by atoms with Crippen LogP contribution in [0.2, 0.25) is 0 Å². The van der Waals surface area contributed by atoms with Gasteiger partial charge in [-0.25, -0.2) is 0 Å². The third-order valence-electron chi connectivity index (χ3n) is 3.26. The third-order valence-corrected chi connectivity index (χ3v) is 3.26. The highest BCUT2D eigenvalue weighted by atomic mass is 16.2. The zero-order valence-electron chi connectivity index (χ0n) is 11.7. The van der Waals surface area contributed by atoms with E-state index in [0.717, 1.165) is 13.0 Å². The Morgan fingerprint density at radius 1 is 1.11 bits per heavy atom. The van der Waals surface area contributed by atoms with E-state index in [1.165, 1.54) is 0 Å². The first-order chi connectivity index (χ1) is 8.56. The van der Waals surface area contributed by atoms with Crippen molar-refractivity contribution in [3.05, 3.63) is 0 Å². The second kappa shape index (κ2) is 7.36. The summed E-state index contributed by atoms with van der Waals surface area (Å²) >= 11 is 0. The first kappa shape index (κ1) is 15.0. The fourth-order valence-corrected chi connectivity index (χ4v) is 2.12. The minimum atomic E-state index is 0.0443. The smallest absolute Gasteiger partial charge is 0.225 e. The van der Waals surface area contributed by atoms with Crippen molar-refractivity contribution in [1.82, 2.24) is 15.1 Å². The summed E-state index contributed by atoms with van der Waals surface area (Å²) in [4.78, 5) is 27.4. The van der Waals surface area contributed by atoms with Gasteiger partial charge in [0, 0.05) is 38.5 Å². The highest BCUT2D eigenvalue weighted by Crippen LogP contribution is 2.08. The number of carbonyl (C=O) groups excluding carboxylic acids is 2. The fourth-order valence-electron chi connectivity index (χ4n) is 2.12. The molecule has 0 atom stereocenters. The summed E-state index contributed by atoms with van der Waals surface area (Å²) in [5.41, 5.74) is 0. The molecule has 1 N–H and O–H groups in total. The van der Waals surface area contributed by atoms with Crippen LogP contribution in [-0.2, 0) is 9.59 Å². The van der Waals surface area contributed by atoms with Crippen LogP contribution < -0.4 is 5.32 Å². The topological polar surface area (TPSA) is 52.7 Å². The normalized spacial score (nSPS) is 16.2. The van der Waals surface area contributed by atoms with E-state index in [2.05, 4.69) is 5.32 Å². The molecule has 1 saturated heterocycles. The largest absolute Gasteiger partial charge is 0.339 e. The molecule has 0 unspecified atom stereocenters. The summed E-state index contributed by atoms with van der Waals surface area (Å²) in [6, 6.07) is 0. The summed E-state index contributed by atoms with van der Waals surface area (Å²) in [7, 11) is 1.89. The van der Waals surface area contributed by atoms with Gasteiger partial charge in [0.1, 0.15) is 0 Å². The molecule has 2 amide bonds. The summed E-state index contributed by atoms with van der Waals surface area (Å²) < 4.78 is 0. The van der Waals surface area contributed by atoms with Crippen LogP contribution in [0.3, 0.4) is 0 Å². The van der Waals surface area contributed by atoms with E-state index in [-0.39, 0.29) is 17.7 Å². The van der Waals surface area contributed by atoms with Gasteiger partial charge in [0.15, 0.2) is 0 Å². The van der Waals surface area contributed by atoms with E-state index >= 15 is 0 Å². The zero-order chi connectivity index (χ0) is 13.5. The fraction of sp³-hybridized carbons (Fsp3) is 0.846. The molecule has 5 nitrogen and oxygen atoms in total. The summed E-state index contributed by atoms with van der Waals surface area (Å²) in [6.07, 6.45) is 1.47. The molecule has 0 aliphatic carbocycles. The Morgan fingerprint density at radius 2 is 1.67 bits per heavy atom. The van der Waals surface area contributed by atoms with E-state index in [9.17, 15) is 9.59 Å². The van der Waals surface area contributed by atoms with Crippen molar-refractivity contribution in [3.63, 3.8) is 0 Å². The molecule has 18 heavy (non-hydrogen) atoms. The molecule has 0 bridgehead atoms. The zero-order valence-corrected chi connectivity index (χ0v) is 11.7. The number of carbonyl (C=O) groups is 2. The quantitative estimate of drug-likeness (QED) is 0.720. The SMILES string of the molecule is CNCCCC(=O)N1CCN(C(=O)C(C)C)CC1. The summed E-state index contributed by atoms with van der Waals surface area (Å²) in [6.45, 7) is 7.41. The maximum absolute atomic E-state index is 11.9. The number of nitrogens with one attached hydrogen (secondary N) is 1. The highest BCUT2D eigenvalue weighted by molar-refractivity contribution is 5.79. The third kappa shape index (κ3) is 4.29. The van der Waals surface area contributed by atoms with Crippen LogP contribution in [0.15, 0.2) is 0 Å². The molecule has 0 radical (unpaired) electrons. The molecule has 0 aromatic heterocycles. The van der Waals surface area contributed by atoms with Crippen LogP contribution in [0, 0.1) is 5.92 Å². The predicted molar refractivity (Wildman–Crippen MR) is 71.2 cm³/mol. The molecule has 5 heteroatoms. The first-order valence-electron chi connectivity index (χ1n) is 6.77. The molecule has 1 heterocycles. The van der Waals surface area contributed by atoms with Crippen molar-refractivity contribution in [1.29, 1.82) is 0 Å². The van der Waals surface area contributed by atoms with Crippen molar-refractivity contribution >= 4 is 11.8 Å². The Hall–Kier alpha value is -1.10. The van der Waals surface area contributed by atoms with Gasteiger partial charge in [-0.3, -0.25) is 9.59 Å². The lowest BCUT2D eigenvalue weighted by atomic mass is 10.1. The Balaban J connectivity index is 2.30. The van der Waals surface area contributed by atoms with Crippen LogP contribution in [0.1, 0.15) is 26.7 Å². The summed E-state index contributed by atoms with van der Waals surface area (Å²) in [5, 5.41) is 3.04. The van der Waals surface area contributed by atoms with E-state index < -0.39 is 0 Å². The maximum atomic E-state index is 11.9. The molecule has 0 aromatic carbocycles. The van der Waals surface area contributed by atoms with Crippen LogP contribution in [-0.4, -0.2) is 61.4 Å². The van der Waals surface area contributed by atoms with Crippen LogP contribution in [0.25, 0.3) is 0 Å². The molecule has 1 aliphatic heterocycles.